The number of hydrogen-bond donors (Lipinski definition) is 0. The molecular formula is C6H4ClFO2. The molecule has 0 amide bonds. The third-order valence-corrected chi connectivity index (χ3v) is 0.906. The lowest BCUT2D eigenvalue weighted by Crippen LogP contribution is -2.10. The Bertz CT molecular complexity index is 230. The van der Waals surface area contributed by atoms with Gasteiger partial charge in [0.15, 0.2) is 0 Å². The molecule has 54 valence electrons. The molecule has 0 heterocycles. The quantitative estimate of drug-likeness (QED) is 0.393. The van der Waals surface area contributed by atoms with E-state index in [4.69, 9.17) is 0 Å². The first kappa shape index (κ1) is 9.04. The maximum absolute atomic E-state index is 12.0. The molecule has 1 aliphatic rings. The van der Waals surface area contributed by atoms with Gasteiger partial charge in [-0.2, -0.15) is 0 Å². The predicted molar refractivity (Wildman–Crippen MR) is 35.6 cm³/mol. The highest BCUT2D eigenvalue weighted by molar-refractivity contribution is 6.46. The zero-order valence-electron chi connectivity index (χ0n) is 4.83. The summed E-state index contributed by atoms with van der Waals surface area (Å²) in [4.78, 5) is 20.6. The zero-order chi connectivity index (χ0) is 6.85. The summed E-state index contributed by atoms with van der Waals surface area (Å²) in [5.41, 5.74) is 0. The molecule has 1 rings (SSSR count). The Morgan fingerprint density at radius 3 is 2.10 bits per heavy atom. The molecule has 0 unspecified atom stereocenters. The molecule has 2 nitrogen and oxygen atoms in total. The highest BCUT2D eigenvalue weighted by atomic mass is 35.5. The van der Waals surface area contributed by atoms with E-state index in [0.717, 1.165) is 12.2 Å². The van der Waals surface area contributed by atoms with Gasteiger partial charge in [-0.3, -0.25) is 9.59 Å². The number of rotatable bonds is 0. The molecule has 0 aliphatic heterocycles. The van der Waals surface area contributed by atoms with Gasteiger partial charge in [0, 0.05) is 6.08 Å². The van der Waals surface area contributed by atoms with Gasteiger partial charge in [0.1, 0.15) is 5.83 Å². The standard InChI is InChI=1S/C6H3FO2.ClH/c7-4-1-2-5(8)6(9)3-4;/h1-3H;1H. The molecule has 10 heavy (non-hydrogen) atoms. The van der Waals surface area contributed by atoms with Gasteiger partial charge in [0.2, 0.25) is 11.6 Å². The highest BCUT2D eigenvalue weighted by Crippen LogP contribution is 2.04. The second kappa shape index (κ2) is 3.27. The van der Waals surface area contributed by atoms with Crippen LogP contribution in [0, 0.1) is 0 Å². The van der Waals surface area contributed by atoms with Gasteiger partial charge in [0.05, 0.1) is 0 Å². The second-order valence-electron chi connectivity index (χ2n) is 1.59. The first-order chi connectivity index (χ1) is 4.20. The summed E-state index contributed by atoms with van der Waals surface area (Å²) in [6.07, 6.45) is 2.55. The van der Waals surface area contributed by atoms with E-state index in [1.807, 2.05) is 0 Å². The molecule has 0 saturated heterocycles. The average Bonchev–Trinajstić information content (AvgIpc) is 1.80. The topological polar surface area (TPSA) is 34.1 Å². The van der Waals surface area contributed by atoms with E-state index in [1.54, 1.807) is 0 Å². The second-order valence-corrected chi connectivity index (χ2v) is 1.59. The van der Waals surface area contributed by atoms with Crippen molar-refractivity contribution in [2.24, 2.45) is 0 Å². The summed E-state index contributed by atoms with van der Waals surface area (Å²) < 4.78 is 12.0. The van der Waals surface area contributed by atoms with Crippen LogP contribution in [0.25, 0.3) is 0 Å². The Balaban J connectivity index is 0.000000810. The summed E-state index contributed by atoms with van der Waals surface area (Å²) in [5.74, 6) is -2.13. The predicted octanol–water partition coefficient (Wildman–Crippen LogP) is 0.970. The van der Waals surface area contributed by atoms with E-state index in [1.165, 1.54) is 0 Å². The third kappa shape index (κ3) is 1.77. The van der Waals surface area contributed by atoms with Crippen molar-refractivity contribution in [3.05, 3.63) is 24.1 Å². The minimum absolute atomic E-state index is 0. The molecule has 0 radical (unpaired) electrons. The van der Waals surface area contributed by atoms with Gasteiger partial charge in [-0.05, 0) is 12.2 Å². The fraction of sp³-hybridized carbons (Fsp3) is 0. The Morgan fingerprint density at radius 2 is 1.70 bits per heavy atom. The smallest absolute Gasteiger partial charge is 0.228 e. The molecule has 0 N–H and O–H groups in total. The largest absolute Gasteiger partial charge is 0.286 e. The highest BCUT2D eigenvalue weighted by Gasteiger charge is 2.11. The van der Waals surface area contributed by atoms with Crippen molar-refractivity contribution >= 4 is 24.0 Å². The van der Waals surface area contributed by atoms with Crippen molar-refractivity contribution in [1.29, 1.82) is 0 Å². The first-order valence-corrected chi connectivity index (χ1v) is 2.34. The number of carbonyl (C=O) groups excluding carboxylic acids is 2. The van der Waals surface area contributed by atoms with E-state index in [2.05, 4.69) is 0 Å². The Labute approximate surface area is 62.8 Å². The van der Waals surface area contributed by atoms with Gasteiger partial charge in [-0.25, -0.2) is 4.39 Å². The van der Waals surface area contributed by atoms with Gasteiger partial charge >= 0.3 is 0 Å². The molecule has 0 atom stereocenters. The SMILES string of the molecule is Cl.O=C1C=CC(F)=CC1=O. The van der Waals surface area contributed by atoms with Gasteiger partial charge in [0.25, 0.3) is 0 Å². The van der Waals surface area contributed by atoms with Gasteiger partial charge in [-0.1, -0.05) is 0 Å². The van der Waals surface area contributed by atoms with Gasteiger partial charge < -0.3 is 0 Å². The Morgan fingerprint density at radius 1 is 1.10 bits per heavy atom. The Kier molecular flexibility index (Phi) is 2.96. The molecular weight excluding hydrogens is 159 g/mol. The van der Waals surface area contributed by atoms with Crippen molar-refractivity contribution in [2.75, 3.05) is 0 Å². The number of ketones is 2. The van der Waals surface area contributed by atoms with E-state index in [0.29, 0.717) is 6.08 Å². The van der Waals surface area contributed by atoms with Crippen LogP contribution in [0.3, 0.4) is 0 Å². The van der Waals surface area contributed by atoms with Crippen LogP contribution < -0.4 is 0 Å². The lowest BCUT2D eigenvalue weighted by molar-refractivity contribution is -0.131. The Hall–Kier alpha value is -0.960. The van der Waals surface area contributed by atoms with Crippen LogP contribution in [0.5, 0.6) is 0 Å². The monoisotopic (exact) mass is 162 g/mol. The van der Waals surface area contributed by atoms with Crippen LogP contribution in [-0.4, -0.2) is 11.6 Å². The number of allylic oxidation sites excluding steroid dienone is 4. The maximum Gasteiger partial charge on any atom is 0.228 e. The fourth-order valence-electron chi connectivity index (χ4n) is 0.482. The van der Waals surface area contributed by atoms with E-state index >= 15 is 0 Å². The molecule has 0 aromatic heterocycles. The van der Waals surface area contributed by atoms with Crippen molar-refractivity contribution in [1.82, 2.24) is 0 Å². The van der Waals surface area contributed by atoms with Crippen molar-refractivity contribution in [3.8, 4) is 0 Å². The zero-order valence-corrected chi connectivity index (χ0v) is 5.65. The number of carbonyl (C=O) groups is 2. The van der Waals surface area contributed by atoms with Crippen molar-refractivity contribution in [2.45, 2.75) is 0 Å². The van der Waals surface area contributed by atoms with E-state index in [-0.39, 0.29) is 12.4 Å². The molecule has 0 aromatic carbocycles. The average molecular weight is 163 g/mol. The molecule has 4 heteroatoms. The number of hydrogen-bond acceptors (Lipinski definition) is 2. The van der Waals surface area contributed by atoms with Gasteiger partial charge in [-0.15, -0.1) is 12.4 Å². The summed E-state index contributed by atoms with van der Waals surface area (Å²) in [5, 5.41) is 0. The first-order valence-electron chi connectivity index (χ1n) is 2.34. The van der Waals surface area contributed by atoms with Crippen LogP contribution in [0.15, 0.2) is 24.1 Å². The third-order valence-electron chi connectivity index (χ3n) is 0.906. The summed E-state index contributed by atoms with van der Waals surface area (Å²) in [7, 11) is 0. The van der Waals surface area contributed by atoms with Crippen molar-refractivity contribution in [3.63, 3.8) is 0 Å². The summed E-state index contributed by atoms with van der Waals surface area (Å²) in [6, 6.07) is 0. The molecule has 0 fully saturated rings. The summed E-state index contributed by atoms with van der Waals surface area (Å²) in [6.45, 7) is 0. The lowest BCUT2D eigenvalue weighted by Gasteiger charge is -1.92. The minimum Gasteiger partial charge on any atom is -0.286 e. The molecule has 1 aliphatic carbocycles. The maximum atomic E-state index is 12.0. The summed E-state index contributed by atoms with van der Waals surface area (Å²) >= 11 is 0. The minimum atomic E-state index is -0.796. The number of halogens is 2. The molecule has 0 aromatic rings. The fourth-order valence-corrected chi connectivity index (χ4v) is 0.482. The van der Waals surface area contributed by atoms with E-state index in [9.17, 15) is 14.0 Å². The van der Waals surface area contributed by atoms with Crippen LogP contribution in [0.1, 0.15) is 0 Å². The van der Waals surface area contributed by atoms with Crippen molar-refractivity contribution < 1.29 is 14.0 Å². The van der Waals surface area contributed by atoms with Crippen LogP contribution >= 0.6 is 12.4 Å². The molecule has 0 bridgehead atoms. The van der Waals surface area contributed by atoms with Crippen LogP contribution in [0.2, 0.25) is 0 Å². The molecule has 0 spiro atoms. The normalized spacial score (nSPS) is 16.3. The van der Waals surface area contributed by atoms with E-state index < -0.39 is 17.4 Å². The van der Waals surface area contributed by atoms with Crippen LogP contribution in [-0.2, 0) is 9.59 Å². The molecule has 0 saturated carbocycles. The van der Waals surface area contributed by atoms with Crippen LogP contribution in [0.4, 0.5) is 4.39 Å². The lowest BCUT2D eigenvalue weighted by atomic mass is 10.1.